The lowest BCUT2D eigenvalue weighted by Crippen LogP contribution is -2.46. The normalized spacial score (nSPS) is 18.0. The van der Waals surface area contributed by atoms with Crippen LogP contribution in [-0.2, 0) is 6.42 Å². The van der Waals surface area contributed by atoms with Gasteiger partial charge < -0.3 is 14.3 Å². The molecule has 0 radical (unpaired) electrons. The van der Waals surface area contributed by atoms with Crippen LogP contribution in [0.25, 0.3) is 0 Å². The predicted molar refractivity (Wildman–Crippen MR) is 63.0 cm³/mol. The van der Waals surface area contributed by atoms with Gasteiger partial charge in [0.2, 0.25) is 0 Å². The van der Waals surface area contributed by atoms with Crippen LogP contribution in [0.5, 0.6) is 0 Å². The smallest absolute Gasteiger partial charge is 0.322 e. The van der Waals surface area contributed by atoms with E-state index in [2.05, 4.69) is 22.0 Å². The highest BCUT2D eigenvalue weighted by atomic mass is 19.4. The van der Waals surface area contributed by atoms with Crippen molar-refractivity contribution in [1.82, 2.24) is 15.0 Å². The van der Waals surface area contributed by atoms with Gasteiger partial charge in [-0.1, -0.05) is 12.1 Å². The number of hydrogen-bond acceptors (Lipinski definition) is 5. The van der Waals surface area contributed by atoms with E-state index in [-0.39, 0.29) is 12.2 Å². The Morgan fingerprint density at radius 3 is 2.47 bits per heavy atom. The molecule has 19 heavy (non-hydrogen) atoms. The van der Waals surface area contributed by atoms with Crippen molar-refractivity contribution >= 4 is 6.01 Å². The standard InChI is InChI=1S/C11H17F3N4O/c1-2-17-5-7-18(8-6-17)10-15-9(16-19-10)3-4-11(12,13)14/h2-8H2,1H3. The highest BCUT2D eigenvalue weighted by Crippen LogP contribution is 2.22. The van der Waals surface area contributed by atoms with Gasteiger partial charge in [0.15, 0.2) is 5.82 Å². The summed E-state index contributed by atoms with van der Waals surface area (Å²) in [5, 5.41) is 3.59. The van der Waals surface area contributed by atoms with Gasteiger partial charge in [0.25, 0.3) is 0 Å². The molecule has 8 heteroatoms. The van der Waals surface area contributed by atoms with Crippen molar-refractivity contribution in [2.45, 2.75) is 25.9 Å². The van der Waals surface area contributed by atoms with E-state index in [1.807, 2.05) is 4.90 Å². The lowest BCUT2D eigenvalue weighted by atomic mass is 10.3. The van der Waals surface area contributed by atoms with E-state index in [0.717, 1.165) is 32.7 Å². The minimum atomic E-state index is -4.19. The molecular weight excluding hydrogens is 261 g/mol. The number of aromatic nitrogens is 2. The fourth-order valence-electron chi connectivity index (χ4n) is 1.98. The van der Waals surface area contributed by atoms with E-state index in [4.69, 9.17) is 4.52 Å². The zero-order valence-electron chi connectivity index (χ0n) is 10.8. The highest BCUT2D eigenvalue weighted by molar-refractivity contribution is 5.25. The first kappa shape index (κ1) is 14.1. The van der Waals surface area contributed by atoms with E-state index in [1.54, 1.807) is 0 Å². The molecular formula is C11H17F3N4O. The molecule has 0 bridgehead atoms. The number of hydrogen-bond donors (Lipinski definition) is 0. The molecule has 1 aliphatic heterocycles. The van der Waals surface area contributed by atoms with Crippen LogP contribution in [0, 0.1) is 0 Å². The van der Waals surface area contributed by atoms with Crippen LogP contribution in [0.15, 0.2) is 4.52 Å². The summed E-state index contributed by atoms with van der Waals surface area (Å²) in [4.78, 5) is 8.22. The largest absolute Gasteiger partial charge is 0.389 e. The molecule has 2 rings (SSSR count). The lowest BCUT2D eigenvalue weighted by Gasteiger charge is -2.32. The zero-order valence-corrected chi connectivity index (χ0v) is 10.8. The molecule has 0 aromatic carbocycles. The Bertz CT molecular complexity index is 399. The van der Waals surface area contributed by atoms with Crippen molar-refractivity contribution in [2.24, 2.45) is 0 Å². The molecule has 0 unspecified atom stereocenters. The fraction of sp³-hybridized carbons (Fsp3) is 0.818. The Morgan fingerprint density at radius 1 is 1.21 bits per heavy atom. The van der Waals surface area contributed by atoms with Crippen LogP contribution in [0.4, 0.5) is 19.2 Å². The molecule has 0 amide bonds. The maximum Gasteiger partial charge on any atom is 0.389 e. The monoisotopic (exact) mass is 278 g/mol. The first-order valence-electron chi connectivity index (χ1n) is 6.34. The first-order chi connectivity index (χ1) is 8.98. The van der Waals surface area contributed by atoms with E-state index in [1.165, 1.54) is 0 Å². The molecule has 0 saturated carbocycles. The molecule has 1 fully saturated rings. The van der Waals surface area contributed by atoms with E-state index in [0.29, 0.717) is 6.01 Å². The fourth-order valence-corrected chi connectivity index (χ4v) is 1.98. The summed E-state index contributed by atoms with van der Waals surface area (Å²) in [6, 6.07) is 0.327. The van der Waals surface area contributed by atoms with Crippen molar-refractivity contribution in [2.75, 3.05) is 37.6 Å². The number of nitrogens with zero attached hydrogens (tertiary/aromatic N) is 4. The summed E-state index contributed by atoms with van der Waals surface area (Å²) in [6.07, 6.45) is -5.34. The summed E-state index contributed by atoms with van der Waals surface area (Å²) in [5.74, 6) is 0.116. The van der Waals surface area contributed by atoms with Gasteiger partial charge in [0.1, 0.15) is 0 Å². The second kappa shape index (κ2) is 5.77. The molecule has 0 spiro atoms. The van der Waals surface area contributed by atoms with Gasteiger partial charge in [-0.15, -0.1) is 0 Å². The van der Waals surface area contributed by atoms with Crippen molar-refractivity contribution in [3.8, 4) is 0 Å². The third-order valence-electron chi connectivity index (χ3n) is 3.18. The third-order valence-corrected chi connectivity index (χ3v) is 3.18. The lowest BCUT2D eigenvalue weighted by molar-refractivity contribution is -0.134. The van der Waals surface area contributed by atoms with Gasteiger partial charge >= 0.3 is 12.2 Å². The van der Waals surface area contributed by atoms with Crippen molar-refractivity contribution in [3.05, 3.63) is 5.82 Å². The Labute approximate surface area is 109 Å². The number of alkyl halides is 3. The molecule has 0 N–H and O–H groups in total. The summed E-state index contributed by atoms with van der Waals surface area (Å²) in [6.45, 7) is 6.41. The van der Waals surface area contributed by atoms with Crippen molar-refractivity contribution in [3.63, 3.8) is 0 Å². The van der Waals surface area contributed by atoms with Crippen molar-refractivity contribution in [1.29, 1.82) is 0 Å². The van der Waals surface area contributed by atoms with Crippen LogP contribution in [0.2, 0.25) is 0 Å². The topological polar surface area (TPSA) is 45.4 Å². The van der Waals surface area contributed by atoms with Crippen LogP contribution in [-0.4, -0.2) is 53.9 Å². The van der Waals surface area contributed by atoms with Crippen LogP contribution < -0.4 is 4.90 Å². The minimum Gasteiger partial charge on any atom is -0.322 e. The molecule has 0 aliphatic carbocycles. The highest BCUT2D eigenvalue weighted by Gasteiger charge is 2.28. The van der Waals surface area contributed by atoms with Gasteiger partial charge in [-0.2, -0.15) is 18.2 Å². The predicted octanol–water partition coefficient (Wildman–Crippen LogP) is 1.71. The number of rotatable bonds is 4. The van der Waals surface area contributed by atoms with Crippen molar-refractivity contribution < 1.29 is 17.7 Å². The Morgan fingerprint density at radius 2 is 1.89 bits per heavy atom. The Balaban J connectivity index is 1.87. The number of likely N-dealkylation sites (N-methyl/N-ethyl adjacent to an activating group) is 1. The van der Waals surface area contributed by atoms with Gasteiger partial charge in [0, 0.05) is 32.6 Å². The quantitative estimate of drug-likeness (QED) is 0.839. The number of halogens is 3. The molecule has 1 aliphatic rings. The zero-order chi connectivity index (χ0) is 13.9. The summed E-state index contributed by atoms with van der Waals surface area (Å²) >= 11 is 0. The van der Waals surface area contributed by atoms with Crippen LogP contribution >= 0.6 is 0 Å². The van der Waals surface area contributed by atoms with E-state index in [9.17, 15) is 13.2 Å². The minimum absolute atomic E-state index is 0.116. The van der Waals surface area contributed by atoms with Crippen LogP contribution in [0.1, 0.15) is 19.2 Å². The molecule has 1 aromatic rings. The molecule has 1 saturated heterocycles. The summed E-state index contributed by atoms with van der Waals surface area (Å²) in [7, 11) is 0. The molecule has 5 nitrogen and oxygen atoms in total. The van der Waals surface area contributed by atoms with E-state index < -0.39 is 12.6 Å². The number of aryl methyl sites for hydroxylation is 1. The van der Waals surface area contributed by atoms with Gasteiger partial charge in [-0.05, 0) is 6.54 Å². The van der Waals surface area contributed by atoms with Gasteiger partial charge in [-0.25, -0.2) is 0 Å². The molecule has 1 aromatic heterocycles. The maximum atomic E-state index is 12.1. The second-order valence-electron chi connectivity index (χ2n) is 4.53. The second-order valence-corrected chi connectivity index (χ2v) is 4.53. The first-order valence-corrected chi connectivity index (χ1v) is 6.34. The number of piperazine rings is 1. The maximum absolute atomic E-state index is 12.1. The summed E-state index contributed by atoms with van der Waals surface area (Å²) < 4.78 is 41.3. The van der Waals surface area contributed by atoms with Crippen LogP contribution in [0.3, 0.4) is 0 Å². The summed E-state index contributed by atoms with van der Waals surface area (Å²) in [5.41, 5.74) is 0. The average molecular weight is 278 g/mol. The van der Waals surface area contributed by atoms with Gasteiger partial charge in [0.05, 0.1) is 6.42 Å². The molecule has 2 heterocycles. The van der Waals surface area contributed by atoms with E-state index >= 15 is 0 Å². The third kappa shape index (κ3) is 4.09. The Kier molecular flexibility index (Phi) is 4.28. The SMILES string of the molecule is CCN1CCN(c2nc(CCC(F)(F)F)no2)CC1. The van der Waals surface area contributed by atoms with Gasteiger partial charge in [-0.3, -0.25) is 0 Å². The average Bonchev–Trinajstić information content (AvgIpc) is 2.84. The molecule has 0 atom stereocenters. The molecule has 108 valence electrons. The number of anilines is 1. The Hall–Kier alpha value is -1.31.